The molecule has 134 valence electrons. The van der Waals surface area contributed by atoms with Crippen LogP contribution in [0.5, 0.6) is 0 Å². The molecular weight excluding hydrogens is 361 g/mol. The first-order valence-corrected chi connectivity index (χ1v) is 8.76. The molecule has 2 saturated heterocycles. The lowest BCUT2D eigenvalue weighted by atomic mass is 9.78. The van der Waals surface area contributed by atoms with Gasteiger partial charge in [0.25, 0.3) is 5.91 Å². The first kappa shape index (κ1) is 18.2. The summed E-state index contributed by atoms with van der Waals surface area (Å²) < 4.78 is 5.35. The number of likely N-dealkylation sites (tertiary alicyclic amines) is 1. The molecule has 7 heteroatoms. The Hall–Kier alpha value is -1.56. The lowest BCUT2D eigenvalue weighted by molar-refractivity contribution is 0.0598. The lowest BCUT2D eigenvalue weighted by Crippen LogP contribution is -2.44. The third-order valence-corrected chi connectivity index (χ3v) is 5.55. The summed E-state index contributed by atoms with van der Waals surface area (Å²) >= 11 is 5.90. The number of aromatic nitrogens is 1. The molecule has 1 amide bonds. The molecule has 0 radical (unpaired) electrons. The van der Waals surface area contributed by atoms with E-state index in [2.05, 4.69) is 10.5 Å². The van der Waals surface area contributed by atoms with E-state index in [0.717, 1.165) is 44.6 Å². The Kier molecular flexibility index (Phi) is 5.37. The standard InChI is InChI=1S/C18H20ClN3O2.ClH/c19-14-3-1-13(2-4-14)16-11-15(21-24-16)17(23)22-9-6-18(7-10-22)5-8-20-12-18;/h1-4,11,20H,5-10,12H2;1H. The fourth-order valence-electron chi connectivity index (χ4n) is 3.69. The van der Waals surface area contributed by atoms with E-state index < -0.39 is 0 Å². The number of piperidine rings is 1. The second-order valence-electron chi connectivity index (χ2n) is 6.80. The topological polar surface area (TPSA) is 58.4 Å². The van der Waals surface area contributed by atoms with Crippen molar-refractivity contribution in [2.24, 2.45) is 5.41 Å². The van der Waals surface area contributed by atoms with Crippen LogP contribution >= 0.6 is 24.0 Å². The molecule has 3 heterocycles. The molecule has 1 spiro atoms. The number of hydrogen-bond acceptors (Lipinski definition) is 4. The normalized spacial score (nSPS) is 19.0. The highest BCUT2D eigenvalue weighted by atomic mass is 35.5. The van der Waals surface area contributed by atoms with E-state index in [9.17, 15) is 4.79 Å². The van der Waals surface area contributed by atoms with Gasteiger partial charge in [0.2, 0.25) is 0 Å². The van der Waals surface area contributed by atoms with Gasteiger partial charge >= 0.3 is 0 Å². The van der Waals surface area contributed by atoms with Crippen molar-refractivity contribution in [1.29, 1.82) is 0 Å². The summed E-state index contributed by atoms with van der Waals surface area (Å²) in [7, 11) is 0. The summed E-state index contributed by atoms with van der Waals surface area (Å²) in [5.74, 6) is 0.545. The van der Waals surface area contributed by atoms with Gasteiger partial charge in [-0.2, -0.15) is 0 Å². The molecule has 2 aliphatic rings. The largest absolute Gasteiger partial charge is 0.355 e. The third-order valence-electron chi connectivity index (χ3n) is 5.30. The molecule has 2 fully saturated rings. The van der Waals surface area contributed by atoms with E-state index in [0.29, 0.717) is 21.9 Å². The molecule has 5 nitrogen and oxygen atoms in total. The predicted molar refractivity (Wildman–Crippen MR) is 99.3 cm³/mol. The van der Waals surface area contributed by atoms with Crippen molar-refractivity contribution in [2.45, 2.75) is 19.3 Å². The van der Waals surface area contributed by atoms with Crippen LogP contribution in [-0.2, 0) is 0 Å². The van der Waals surface area contributed by atoms with E-state index in [-0.39, 0.29) is 18.3 Å². The van der Waals surface area contributed by atoms with Gasteiger partial charge in [0.1, 0.15) is 0 Å². The molecule has 2 aliphatic heterocycles. The first-order valence-electron chi connectivity index (χ1n) is 8.38. The van der Waals surface area contributed by atoms with Crippen molar-refractivity contribution in [2.75, 3.05) is 26.2 Å². The molecule has 0 aliphatic carbocycles. The number of nitrogens with zero attached hydrogens (tertiary/aromatic N) is 2. The zero-order valence-corrected chi connectivity index (χ0v) is 15.4. The zero-order valence-electron chi connectivity index (χ0n) is 13.8. The highest BCUT2D eigenvalue weighted by molar-refractivity contribution is 6.30. The van der Waals surface area contributed by atoms with Gasteiger partial charge in [0, 0.05) is 36.3 Å². The van der Waals surface area contributed by atoms with Crippen LogP contribution in [0, 0.1) is 5.41 Å². The van der Waals surface area contributed by atoms with E-state index >= 15 is 0 Å². The van der Waals surface area contributed by atoms with Gasteiger partial charge in [0.05, 0.1) is 0 Å². The van der Waals surface area contributed by atoms with Gasteiger partial charge in [-0.05, 0) is 55.5 Å². The number of rotatable bonds is 2. The highest BCUT2D eigenvalue weighted by Gasteiger charge is 2.38. The molecule has 0 unspecified atom stereocenters. The molecule has 1 N–H and O–H groups in total. The Morgan fingerprint density at radius 2 is 1.92 bits per heavy atom. The van der Waals surface area contributed by atoms with E-state index in [1.54, 1.807) is 18.2 Å². The maximum Gasteiger partial charge on any atom is 0.276 e. The molecular formula is C18H21Cl2N3O2. The van der Waals surface area contributed by atoms with Gasteiger partial charge in [-0.25, -0.2) is 0 Å². The van der Waals surface area contributed by atoms with Crippen molar-refractivity contribution >= 4 is 29.9 Å². The number of carbonyl (C=O) groups excluding carboxylic acids is 1. The van der Waals surface area contributed by atoms with Gasteiger partial charge in [-0.3, -0.25) is 4.79 Å². The van der Waals surface area contributed by atoms with Gasteiger partial charge in [0.15, 0.2) is 11.5 Å². The third kappa shape index (κ3) is 3.68. The van der Waals surface area contributed by atoms with Crippen LogP contribution in [0.4, 0.5) is 0 Å². The van der Waals surface area contributed by atoms with Crippen LogP contribution < -0.4 is 5.32 Å². The summed E-state index contributed by atoms with van der Waals surface area (Å²) in [6, 6.07) is 9.01. The van der Waals surface area contributed by atoms with Crippen molar-refractivity contribution in [1.82, 2.24) is 15.4 Å². The van der Waals surface area contributed by atoms with Crippen molar-refractivity contribution in [3.05, 3.63) is 41.0 Å². The Morgan fingerprint density at radius 3 is 2.56 bits per heavy atom. The Labute approximate surface area is 158 Å². The van der Waals surface area contributed by atoms with Crippen molar-refractivity contribution < 1.29 is 9.32 Å². The Balaban J connectivity index is 0.00000182. The lowest BCUT2D eigenvalue weighted by Gasteiger charge is -2.38. The Bertz CT molecular complexity index is 729. The fourth-order valence-corrected chi connectivity index (χ4v) is 3.82. The predicted octanol–water partition coefficient (Wildman–Crippen LogP) is 3.63. The quantitative estimate of drug-likeness (QED) is 0.862. The monoisotopic (exact) mass is 381 g/mol. The highest BCUT2D eigenvalue weighted by Crippen LogP contribution is 2.37. The summed E-state index contributed by atoms with van der Waals surface area (Å²) in [4.78, 5) is 14.6. The number of amides is 1. The molecule has 1 aromatic heterocycles. The van der Waals surface area contributed by atoms with Gasteiger partial charge in [-0.1, -0.05) is 16.8 Å². The Morgan fingerprint density at radius 1 is 1.20 bits per heavy atom. The zero-order chi connectivity index (χ0) is 16.6. The molecule has 2 aromatic rings. The van der Waals surface area contributed by atoms with E-state index in [1.165, 1.54) is 6.42 Å². The van der Waals surface area contributed by atoms with Gasteiger partial charge < -0.3 is 14.7 Å². The number of halogens is 2. The minimum Gasteiger partial charge on any atom is -0.355 e. The molecule has 1 aromatic carbocycles. The van der Waals surface area contributed by atoms with E-state index in [1.807, 2.05) is 17.0 Å². The van der Waals surface area contributed by atoms with E-state index in [4.69, 9.17) is 16.1 Å². The first-order chi connectivity index (χ1) is 11.7. The molecule has 0 bridgehead atoms. The van der Waals surface area contributed by atoms with Crippen molar-refractivity contribution in [3.8, 4) is 11.3 Å². The average molecular weight is 382 g/mol. The maximum atomic E-state index is 12.7. The SMILES string of the molecule is Cl.O=C(c1cc(-c2ccc(Cl)cc2)on1)N1CCC2(CCNC2)CC1. The molecule has 0 saturated carbocycles. The fraction of sp³-hybridized carbons (Fsp3) is 0.444. The summed E-state index contributed by atoms with van der Waals surface area (Å²) in [6.07, 6.45) is 3.35. The van der Waals surface area contributed by atoms with Crippen LogP contribution in [0.3, 0.4) is 0 Å². The number of benzene rings is 1. The van der Waals surface area contributed by atoms with Crippen LogP contribution in [0.2, 0.25) is 5.02 Å². The summed E-state index contributed by atoms with van der Waals surface area (Å²) in [5.41, 5.74) is 1.63. The molecule has 25 heavy (non-hydrogen) atoms. The second-order valence-corrected chi connectivity index (χ2v) is 7.24. The van der Waals surface area contributed by atoms with Crippen molar-refractivity contribution in [3.63, 3.8) is 0 Å². The minimum atomic E-state index is -0.0419. The average Bonchev–Trinajstić information content (AvgIpc) is 3.26. The molecule has 0 atom stereocenters. The van der Waals surface area contributed by atoms with Gasteiger partial charge in [-0.15, -0.1) is 12.4 Å². The van der Waals surface area contributed by atoms with Crippen LogP contribution in [-0.4, -0.2) is 42.1 Å². The number of nitrogens with one attached hydrogen (secondary N) is 1. The summed E-state index contributed by atoms with van der Waals surface area (Å²) in [5, 5.41) is 8.08. The van der Waals surface area contributed by atoms with Crippen LogP contribution in [0.1, 0.15) is 29.8 Å². The number of carbonyl (C=O) groups is 1. The number of hydrogen-bond donors (Lipinski definition) is 1. The molecule has 4 rings (SSSR count). The maximum absolute atomic E-state index is 12.7. The summed E-state index contributed by atoms with van der Waals surface area (Å²) in [6.45, 7) is 3.77. The second kappa shape index (κ2) is 7.36. The van der Waals surface area contributed by atoms with Crippen LogP contribution in [0.15, 0.2) is 34.9 Å². The minimum absolute atomic E-state index is 0. The van der Waals surface area contributed by atoms with Crippen LogP contribution in [0.25, 0.3) is 11.3 Å². The smallest absolute Gasteiger partial charge is 0.276 e.